The van der Waals surface area contributed by atoms with Gasteiger partial charge < -0.3 is 4.74 Å². The molecule has 0 unspecified atom stereocenters. The zero-order chi connectivity index (χ0) is 15.2. The first-order chi connectivity index (χ1) is 10.1. The van der Waals surface area contributed by atoms with Crippen LogP contribution in [0.5, 0.6) is 11.6 Å². The number of hydrogen-bond donors (Lipinski definition) is 2. The molecule has 1 aromatic heterocycles. The van der Waals surface area contributed by atoms with Crippen LogP contribution in [0, 0.1) is 10.1 Å². The molecule has 1 heterocycles. The van der Waals surface area contributed by atoms with E-state index in [1.807, 2.05) is 12.1 Å². The van der Waals surface area contributed by atoms with Gasteiger partial charge in [0.05, 0.1) is 4.92 Å². The molecule has 0 saturated heterocycles. The molecule has 0 atom stereocenters. The van der Waals surface area contributed by atoms with Crippen LogP contribution in [-0.4, -0.2) is 14.9 Å². The van der Waals surface area contributed by atoms with Gasteiger partial charge in [0, 0.05) is 0 Å². The molecule has 0 bridgehead atoms. The molecule has 8 nitrogen and oxygen atoms in total. The van der Waals surface area contributed by atoms with Crippen LogP contribution < -0.4 is 16.0 Å². The van der Waals surface area contributed by atoms with E-state index in [1.54, 1.807) is 12.1 Å². The van der Waals surface area contributed by atoms with Crippen LogP contribution >= 0.6 is 0 Å². The van der Waals surface area contributed by atoms with Crippen molar-refractivity contribution in [3.05, 3.63) is 46.1 Å². The lowest BCUT2D eigenvalue weighted by atomic mass is 10.1. The Bertz CT molecular complexity index is 630. The molecule has 0 spiro atoms. The quantitative estimate of drug-likeness (QED) is 0.476. The lowest BCUT2D eigenvalue weighted by Gasteiger charge is -2.07. The van der Waals surface area contributed by atoms with Gasteiger partial charge in [0.25, 0.3) is 0 Å². The Morgan fingerprint density at radius 1 is 1.38 bits per heavy atom. The number of hydrazine groups is 1. The number of nitrogens with one attached hydrogen (secondary N) is 1. The van der Waals surface area contributed by atoms with Crippen LogP contribution in [0.25, 0.3) is 0 Å². The van der Waals surface area contributed by atoms with Crippen molar-refractivity contribution in [1.29, 1.82) is 0 Å². The summed E-state index contributed by atoms with van der Waals surface area (Å²) in [4.78, 5) is 17.9. The van der Waals surface area contributed by atoms with E-state index in [0.717, 1.165) is 19.0 Å². The van der Waals surface area contributed by atoms with E-state index in [-0.39, 0.29) is 17.5 Å². The number of rotatable bonds is 6. The predicted molar refractivity (Wildman–Crippen MR) is 77.0 cm³/mol. The Labute approximate surface area is 121 Å². The minimum absolute atomic E-state index is 0.0400. The van der Waals surface area contributed by atoms with Crippen molar-refractivity contribution in [3.8, 4) is 11.6 Å². The largest absolute Gasteiger partial charge is 0.434 e. The maximum atomic E-state index is 10.9. The SMILES string of the molecule is CCCc1ccc(Oc2nc(NN)ncc2[N+](=O)[O-])cc1. The lowest BCUT2D eigenvalue weighted by molar-refractivity contribution is -0.386. The van der Waals surface area contributed by atoms with Crippen molar-refractivity contribution < 1.29 is 9.66 Å². The second-order valence-corrected chi connectivity index (χ2v) is 4.28. The van der Waals surface area contributed by atoms with Gasteiger partial charge in [0.15, 0.2) is 0 Å². The van der Waals surface area contributed by atoms with Gasteiger partial charge in [-0.1, -0.05) is 25.5 Å². The highest BCUT2D eigenvalue weighted by Gasteiger charge is 2.19. The number of aryl methyl sites for hydroxylation is 1. The van der Waals surface area contributed by atoms with Gasteiger partial charge in [-0.2, -0.15) is 4.98 Å². The van der Waals surface area contributed by atoms with Gasteiger partial charge >= 0.3 is 11.6 Å². The third-order valence-corrected chi connectivity index (χ3v) is 2.74. The van der Waals surface area contributed by atoms with Crippen molar-refractivity contribution in [1.82, 2.24) is 9.97 Å². The Hall–Kier alpha value is -2.74. The zero-order valence-corrected chi connectivity index (χ0v) is 11.4. The molecule has 0 amide bonds. The van der Waals surface area contributed by atoms with E-state index in [0.29, 0.717) is 5.75 Å². The Kier molecular flexibility index (Phi) is 4.62. The van der Waals surface area contributed by atoms with Gasteiger partial charge in [0.2, 0.25) is 5.95 Å². The Morgan fingerprint density at radius 2 is 2.10 bits per heavy atom. The monoisotopic (exact) mass is 289 g/mol. The molecule has 8 heteroatoms. The molecule has 1 aromatic carbocycles. The van der Waals surface area contributed by atoms with Crippen molar-refractivity contribution in [2.75, 3.05) is 5.43 Å². The summed E-state index contributed by atoms with van der Waals surface area (Å²) in [6, 6.07) is 7.31. The van der Waals surface area contributed by atoms with Crippen molar-refractivity contribution in [3.63, 3.8) is 0 Å². The standard InChI is InChI=1S/C13H15N5O3/c1-2-3-9-4-6-10(7-5-9)21-12-11(18(19)20)8-15-13(16-12)17-14/h4-8H,2-3,14H2,1H3,(H,15,16,17). The highest BCUT2D eigenvalue weighted by molar-refractivity contribution is 5.45. The summed E-state index contributed by atoms with van der Waals surface area (Å²) in [5, 5.41) is 10.9. The third-order valence-electron chi connectivity index (χ3n) is 2.74. The Morgan fingerprint density at radius 3 is 2.67 bits per heavy atom. The highest BCUT2D eigenvalue weighted by atomic mass is 16.6. The second kappa shape index (κ2) is 6.62. The number of ether oxygens (including phenoxy) is 1. The molecule has 2 rings (SSSR count). The molecule has 0 aliphatic heterocycles. The molecular formula is C13H15N5O3. The summed E-state index contributed by atoms with van der Waals surface area (Å²) in [5.74, 6) is 5.53. The van der Waals surface area contributed by atoms with Crippen molar-refractivity contribution in [2.45, 2.75) is 19.8 Å². The van der Waals surface area contributed by atoms with Crippen LogP contribution in [0.4, 0.5) is 11.6 Å². The average Bonchev–Trinajstić information content (AvgIpc) is 2.49. The zero-order valence-electron chi connectivity index (χ0n) is 11.4. The van der Waals surface area contributed by atoms with Crippen LogP contribution in [0.1, 0.15) is 18.9 Å². The summed E-state index contributed by atoms with van der Waals surface area (Å²) in [5.41, 5.74) is 3.07. The molecule has 2 aromatic rings. The van der Waals surface area contributed by atoms with Crippen LogP contribution in [0.3, 0.4) is 0 Å². The number of nitrogens with two attached hydrogens (primary N) is 1. The minimum Gasteiger partial charge on any atom is -0.434 e. The number of hydrogen-bond acceptors (Lipinski definition) is 7. The van der Waals surface area contributed by atoms with E-state index in [2.05, 4.69) is 22.3 Å². The van der Waals surface area contributed by atoms with Gasteiger partial charge in [-0.15, -0.1) is 0 Å². The molecular weight excluding hydrogens is 274 g/mol. The molecule has 0 fully saturated rings. The van der Waals surface area contributed by atoms with Gasteiger partial charge in [-0.05, 0) is 24.1 Å². The van der Waals surface area contributed by atoms with Gasteiger partial charge in [-0.25, -0.2) is 10.8 Å². The van der Waals surface area contributed by atoms with E-state index < -0.39 is 4.92 Å². The van der Waals surface area contributed by atoms with Crippen LogP contribution in [-0.2, 0) is 6.42 Å². The molecule has 3 N–H and O–H groups in total. The maximum Gasteiger partial charge on any atom is 0.349 e. The number of nitrogens with zero attached hydrogens (tertiary/aromatic N) is 3. The van der Waals surface area contributed by atoms with E-state index >= 15 is 0 Å². The number of anilines is 1. The smallest absolute Gasteiger partial charge is 0.349 e. The highest BCUT2D eigenvalue weighted by Crippen LogP contribution is 2.29. The van der Waals surface area contributed by atoms with E-state index in [9.17, 15) is 10.1 Å². The molecule has 0 aliphatic rings. The predicted octanol–water partition coefficient (Wildman–Crippen LogP) is 2.42. The molecule has 110 valence electrons. The number of benzene rings is 1. The lowest BCUT2D eigenvalue weighted by Crippen LogP contribution is -2.11. The molecule has 0 aliphatic carbocycles. The summed E-state index contributed by atoms with van der Waals surface area (Å²) < 4.78 is 5.46. The average molecular weight is 289 g/mol. The summed E-state index contributed by atoms with van der Waals surface area (Å²) in [6.07, 6.45) is 3.06. The number of aromatic nitrogens is 2. The molecule has 0 saturated carbocycles. The first kappa shape index (κ1) is 14.7. The van der Waals surface area contributed by atoms with Crippen molar-refractivity contribution >= 4 is 11.6 Å². The van der Waals surface area contributed by atoms with Crippen LogP contribution in [0.2, 0.25) is 0 Å². The first-order valence-corrected chi connectivity index (χ1v) is 6.39. The summed E-state index contributed by atoms with van der Waals surface area (Å²) in [6.45, 7) is 2.09. The van der Waals surface area contributed by atoms with Gasteiger partial charge in [0.1, 0.15) is 11.9 Å². The fourth-order valence-electron chi connectivity index (χ4n) is 1.75. The van der Waals surface area contributed by atoms with E-state index in [4.69, 9.17) is 10.6 Å². The summed E-state index contributed by atoms with van der Waals surface area (Å²) >= 11 is 0. The molecule has 0 radical (unpaired) electrons. The van der Waals surface area contributed by atoms with Crippen LogP contribution in [0.15, 0.2) is 30.5 Å². The number of nitrogen functional groups attached to an aromatic ring is 1. The maximum absolute atomic E-state index is 10.9. The topological polar surface area (TPSA) is 116 Å². The second-order valence-electron chi connectivity index (χ2n) is 4.28. The fourth-order valence-corrected chi connectivity index (χ4v) is 1.75. The summed E-state index contributed by atoms with van der Waals surface area (Å²) in [7, 11) is 0. The fraction of sp³-hybridized carbons (Fsp3) is 0.231. The third kappa shape index (κ3) is 3.63. The normalized spacial score (nSPS) is 10.2. The molecule has 21 heavy (non-hydrogen) atoms. The first-order valence-electron chi connectivity index (χ1n) is 6.39. The number of nitro groups is 1. The van der Waals surface area contributed by atoms with E-state index in [1.165, 1.54) is 5.56 Å². The van der Waals surface area contributed by atoms with Crippen molar-refractivity contribution in [2.24, 2.45) is 5.84 Å². The van der Waals surface area contributed by atoms with Gasteiger partial charge in [-0.3, -0.25) is 15.5 Å². The Balaban J connectivity index is 2.26. The minimum atomic E-state index is -0.610.